The number of hydrogen-bond acceptors (Lipinski definition) is 8. The van der Waals surface area contributed by atoms with Crippen molar-refractivity contribution in [3.63, 3.8) is 0 Å². The van der Waals surface area contributed by atoms with Gasteiger partial charge in [0.1, 0.15) is 11.1 Å². The van der Waals surface area contributed by atoms with Crippen LogP contribution in [0.4, 0.5) is 5.13 Å². The van der Waals surface area contributed by atoms with Crippen LogP contribution < -0.4 is 10.1 Å². The van der Waals surface area contributed by atoms with E-state index in [4.69, 9.17) is 13.9 Å². The molecular formula is C19H19N3O5S. The Labute approximate surface area is 164 Å². The van der Waals surface area contributed by atoms with Crippen LogP contribution in [-0.2, 0) is 20.7 Å². The first kappa shape index (κ1) is 18.4. The first-order chi connectivity index (χ1) is 13.6. The normalized spacial score (nSPS) is 18.5. The lowest BCUT2D eigenvalue weighted by atomic mass is 9.81. The van der Waals surface area contributed by atoms with Crippen molar-refractivity contribution in [1.29, 1.82) is 0 Å². The van der Waals surface area contributed by atoms with Crippen molar-refractivity contribution < 1.29 is 23.5 Å². The number of anilines is 1. The fourth-order valence-electron chi connectivity index (χ4n) is 3.03. The molecule has 3 aromatic rings. The average Bonchev–Trinajstić information content (AvgIpc) is 3.27. The number of para-hydroxylation sites is 1. The molecule has 1 aromatic carbocycles. The van der Waals surface area contributed by atoms with Gasteiger partial charge in [-0.15, -0.1) is 10.2 Å². The summed E-state index contributed by atoms with van der Waals surface area (Å²) in [5.41, 5.74) is 0.721. The molecule has 0 bridgehead atoms. The van der Waals surface area contributed by atoms with Crippen molar-refractivity contribution in [3.05, 3.63) is 35.5 Å². The summed E-state index contributed by atoms with van der Waals surface area (Å²) < 4.78 is 16.3. The molecule has 0 radical (unpaired) electrons. The Morgan fingerprint density at radius 3 is 2.96 bits per heavy atom. The Kier molecular flexibility index (Phi) is 5.25. The Hall–Kier alpha value is -2.94. The largest absolute Gasteiger partial charge is 0.486 e. The molecule has 1 saturated carbocycles. The van der Waals surface area contributed by atoms with Crippen LogP contribution in [0.3, 0.4) is 0 Å². The van der Waals surface area contributed by atoms with Crippen LogP contribution >= 0.6 is 11.3 Å². The number of nitrogens with one attached hydrogen (secondary N) is 1. The molecule has 0 atom stereocenters. The van der Waals surface area contributed by atoms with Gasteiger partial charge in [0, 0.05) is 11.3 Å². The van der Waals surface area contributed by atoms with Crippen LogP contribution in [0.5, 0.6) is 5.75 Å². The maximum atomic E-state index is 12.4. The first-order valence-corrected chi connectivity index (χ1v) is 9.85. The third-order valence-corrected chi connectivity index (χ3v) is 5.34. The molecule has 0 saturated heterocycles. The molecule has 0 aliphatic heterocycles. The van der Waals surface area contributed by atoms with Crippen LogP contribution in [-0.4, -0.2) is 34.8 Å². The molecule has 9 heteroatoms. The second-order valence-corrected chi connectivity index (χ2v) is 7.54. The molecule has 1 amide bonds. The number of benzene rings is 1. The number of aromatic nitrogens is 2. The maximum absolute atomic E-state index is 12.4. The minimum atomic E-state index is -0.359. The zero-order valence-corrected chi connectivity index (χ0v) is 16.0. The van der Waals surface area contributed by atoms with Gasteiger partial charge >= 0.3 is 5.97 Å². The summed E-state index contributed by atoms with van der Waals surface area (Å²) in [5.74, 6) is 0.0780. The van der Waals surface area contributed by atoms with Gasteiger partial charge in [0.25, 0.3) is 0 Å². The standard InChI is InChI=1S/C19H19N3O5S/c1-2-25-16(23)10-15-21-22-19(28-15)20-18(24)12-8-13(9-12)27-14-5-3-4-11-6-7-26-17(11)14/h3-7,12-13H,2,8-10H2,1H3,(H,20,22,24)/t12-,13-. The van der Waals surface area contributed by atoms with Gasteiger partial charge in [-0.2, -0.15) is 0 Å². The lowest BCUT2D eigenvalue weighted by Gasteiger charge is -2.33. The number of amides is 1. The number of nitrogens with zero attached hydrogens (tertiary/aromatic N) is 2. The van der Waals surface area contributed by atoms with Crippen LogP contribution in [0.25, 0.3) is 11.0 Å². The quantitative estimate of drug-likeness (QED) is 0.606. The Morgan fingerprint density at radius 1 is 1.29 bits per heavy atom. The summed E-state index contributed by atoms with van der Waals surface area (Å²) in [7, 11) is 0. The molecule has 146 valence electrons. The zero-order valence-electron chi connectivity index (χ0n) is 15.2. The Morgan fingerprint density at radius 2 is 2.14 bits per heavy atom. The van der Waals surface area contributed by atoms with Gasteiger partial charge in [0.05, 0.1) is 19.3 Å². The fourth-order valence-corrected chi connectivity index (χ4v) is 3.76. The summed E-state index contributed by atoms with van der Waals surface area (Å²) in [4.78, 5) is 23.8. The average molecular weight is 401 g/mol. The molecule has 0 spiro atoms. The number of carbonyl (C=O) groups is 2. The third kappa shape index (κ3) is 3.99. The zero-order chi connectivity index (χ0) is 19.5. The van der Waals surface area contributed by atoms with E-state index in [-0.39, 0.29) is 30.3 Å². The van der Waals surface area contributed by atoms with E-state index in [1.165, 1.54) is 11.3 Å². The number of fused-ring (bicyclic) bond motifs is 1. The SMILES string of the molecule is CCOC(=O)Cc1nnc(NC(=O)[C@H]2C[C@H](Oc3cccc4ccoc34)C2)s1. The van der Waals surface area contributed by atoms with Crippen LogP contribution in [0.2, 0.25) is 0 Å². The van der Waals surface area contributed by atoms with E-state index in [0.717, 1.165) is 11.0 Å². The summed E-state index contributed by atoms with van der Waals surface area (Å²) in [6.45, 7) is 2.06. The monoisotopic (exact) mass is 401 g/mol. The summed E-state index contributed by atoms with van der Waals surface area (Å²) in [6.07, 6.45) is 2.90. The van der Waals surface area contributed by atoms with Crippen molar-refractivity contribution >= 4 is 39.3 Å². The Balaban J connectivity index is 1.27. The first-order valence-electron chi connectivity index (χ1n) is 9.04. The molecule has 28 heavy (non-hydrogen) atoms. The van der Waals surface area contributed by atoms with Gasteiger partial charge in [0.15, 0.2) is 11.3 Å². The number of furan rings is 1. The van der Waals surface area contributed by atoms with Crippen molar-refractivity contribution in [2.75, 3.05) is 11.9 Å². The number of esters is 1. The lowest BCUT2D eigenvalue weighted by Crippen LogP contribution is -2.40. The number of carbonyl (C=O) groups excluding carboxylic acids is 2. The van der Waals surface area contributed by atoms with Crippen LogP contribution in [0.1, 0.15) is 24.8 Å². The summed E-state index contributed by atoms with van der Waals surface area (Å²) in [6, 6.07) is 7.63. The van der Waals surface area contributed by atoms with Crippen molar-refractivity contribution in [2.45, 2.75) is 32.3 Å². The highest BCUT2D eigenvalue weighted by Crippen LogP contribution is 2.35. The van der Waals surface area contributed by atoms with Gasteiger partial charge in [-0.25, -0.2) is 0 Å². The molecule has 2 heterocycles. The molecular weight excluding hydrogens is 382 g/mol. The van der Waals surface area contributed by atoms with E-state index in [0.29, 0.717) is 35.3 Å². The minimum Gasteiger partial charge on any atom is -0.486 e. The van der Waals surface area contributed by atoms with Crippen molar-refractivity contribution in [1.82, 2.24) is 10.2 Å². The van der Waals surface area contributed by atoms with Gasteiger partial charge in [-0.3, -0.25) is 9.59 Å². The minimum absolute atomic E-state index is 0.0276. The smallest absolute Gasteiger partial charge is 0.312 e. The molecule has 8 nitrogen and oxygen atoms in total. The van der Waals surface area contributed by atoms with Crippen molar-refractivity contribution in [3.8, 4) is 5.75 Å². The number of rotatable bonds is 7. The third-order valence-electron chi connectivity index (χ3n) is 4.50. The predicted octanol–water partition coefficient (Wildman–Crippen LogP) is 3.19. The summed E-state index contributed by atoms with van der Waals surface area (Å²) in [5, 5.41) is 12.5. The van der Waals surface area contributed by atoms with Gasteiger partial charge < -0.3 is 19.2 Å². The predicted molar refractivity (Wildman–Crippen MR) is 102 cm³/mol. The molecule has 1 aliphatic rings. The Bertz CT molecular complexity index is 992. The van der Waals surface area contributed by atoms with Gasteiger partial charge in [-0.05, 0) is 31.9 Å². The molecule has 4 rings (SSSR count). The van der Waals surface area contributed by atoms with Crippen LogP contribution in [0.15, 0.2) is 34.9 Å². The number of hydrogen-bond donors (Lipinski definition) is 1. The van der Waals surface area contributed by atoms with Crippen molar-refractivity contribution in [2.24, 2.45) is 5.92 Å². The van der Waals surface area contributed by atoms with E-state index in [1.807, 2.05) is 24.3 Å². The van der Waals surface area contributed by atoms with E-state index >= 15 is 0 Å². The molecule has 1 N–H and O–H groups in total. The fraction of sp³-hybridized carbons (Fsp3) is 0.368. The summed E-state index contributed by atoms with van der Waals surface area (Å²) >= 11 is 1.17. The highest BCUT2D eigenvalue weighted by Gasteiger charge is 2.37. The second kappa shape index (κ2) is 7.97. The molecule has 2 aromatic heterocycles. The van der Waals surface area contributed by atoms with Gasteiger partial charge in [-0.1, -0.05) is 23.5 Å². The van der Waals surface area contributed by atoms with E-state index in [9.17, 15) is 9.59 Å². The van der Waals surface area contributed by atoms with Crippen LogP contribution in [0, 0.1) is 5.92 Å². The number of ether oxygens (including phenoxy) is 2. The molecule has 0 unspecified atom stereocenters. The van der Waals surface area contributed by atoms with E-state index in [2.05, 4.69) is 15.5 Å². The van der Waals surface area contributed by atoms with E-state index in [1.54, 1.807) is 13.2 Å². The highest BCUT2D eigenvalue weighted by molar-refractivity contribution is 7.15. The second-order valence-electron chi connectivity index (χ2n) is 6.48. The highest BCUT2D eigenvalue weighted by atomic mass is 32.1. The van der Waals surface area contributed by atoms with Gasteiger partial charge in [0.2, 0.25) is 11.0 Å². The maximum Gasteiger partial charge on any atom is 0.312 e. The van der Waals surface area contributed by atoms with E-state index < -0.39 is 0 Å². The lowest BCUT2D eigenvalue weighted by molar-refractivity contribution is -0.142. The molecule has 1 aliphatic carbocycles. The topological polar surface area (TPSA) is 104 Å². The molecule has 1 fully saturated rings.